The smallest absolute Gasteiger partial charge is 0.228 e. The van der Waals surface area contributed by atoms with E-state index >= 15 is 0 Å². The van der Waals surface area contributed by atoms with E-state index in [-0.39, 0.29) is 11.8 Å². The van der Waals surface area contributed by atoms with E-state index in [4.69, 9.17) is 0 Å². The average molecular weight is 319 g/mol. The Morgan fingerprint density at radius 2 is 1.78 bits per heavy atom. The lowest BCUT2D eigenvalue weighted by atomic mass is 10.2. The second kappa shape index (κ2) is 9.30. The van der Waals surface area contributed by atoms with Crippen molar-refractivity contribution in [3.8, 4) is 0 Å². The third-order valence-corrected chi connectivity index (χ3v) is 3.79. The Morgan fingerprint density at radius 1 is 1.09 bits per heavy atom. The van der Waals surface area contributed by atoms with Gasteiger partial charge < -0.3 is 14.7 Å². The predicted octanol–water partition coefficient (Wildman–Crippen LogP) is 2.15. The molecule has 0 radical (unpaired) electrons. The monoisotopic (exact) mass is 319 g/mol. The first-order valence-corrected chi connectivity index (χ1v) is 8.12. The van der Waals surface area contributed by atoms with Crippen molar-refractivity contribution in [2.75, 3.05) is 45.2 Å². The first-order valence-electron chi connectivity index (χ1n) is 8.12. The van der Waals surface area contributed by atoms with Crippen LogP contribution in [-0.2, 0) is 9.59 Å². The van der Waals surface area contributed by atoms with Crippen LogP contribution in [0.5, 0.6) is 0 Å². The molecule has 0 bridgehead atoms. The molecule has 0 aliphatic heterocycles. The maximum atomic E-state index is 12.5. The Bertz CT molecular complexity index is 529. The number of anilines is 1. The van der Waals surface area contributed by atoms with Crippen LogP contribution in [0, 0.1) is 6.92 Å². The SMILES string of the molecule is CCN(C(=O)CCN(CCN(C)C)C(C)=O)c1cccc(C)c1. The lowest BCUT2D eigenvalue weighted by Crippen LogP contribution is -2.39. The summed E-state index contributed by atoms with van der Waals surface area (Å²) in [6.45, 7) is 8.06. The molecule has 0 N–H and O–H groups in total. The molecule has 1 aromatic rings. The Labute approximate surface area is 139 Å². The summed E-state index contributed by atoms with van der Waals surface area (Å²) in [5.41, 5.74) is 2.05. The van der Waals surface area contributed by atoms with Gasteiger partial charge in [0, 0.05) is 45.2 Å². The highest BCUT2D eigenvalue weighted by molar-refractivity contribution is 5.93. The molecule has 0 fully saturated rings. The summed E-state index contributed by atoms with van der Waals surface area (Å²) in [5.74, 6) is 0.0625. The zero-order chi connectivity index (χ0) is 17.4. The van der Waals surface area contributed by atoms with E-state index in [0.717, 1.165) is 17.8 Å². The summed E-state index contributed by atoms with van der Waals surface area (Å²) < 4.78 is 0. The maximum Gasteiger partial charge on any atom is 0.228 e. The van der Waals surface area contributed by atoms with Gasteiger partial charge in [-0.05, 0) is 45.6 Å². The van der Waals surface area contributed by atoms with Crippen molar-refractivity contribution in [2.45, 2.75) is 27.2 Å². The summed E-state index contributed by atoms with van der Waals surface area (Å²) >= 11 is 0. The van der Waals surface area contributed by atoms with E-state index in [9.17, 15) is 9.59 Å². The van der Waals surface area contributed by atoms with Crippen LogP contribution in [0.25, 0.3) is 0 Å². The molecule has 0 saturated carbocycles. The largest absolute Gasteiger partial charge is 0.341 e. The second-order valence-corrected chi connectivity index (χ2v) is 6.04. The van der Waals surface area contributed by atoms with Gasteiger partial charge in [0.1, 0.15) is 0 Å². The molecule has 0 aliphatic carbocycles. The van der Waals surface area contributed by atoms with Gasteiger partial charge in [0.25, 0.3) is 0 Å². The number of carbonyl (C=O) groups is 2. The van der Waals surface area contributed by atoms with Crippen LogP contribution in [0.2, 0.25) is 0 Å². The highest BCUT2D eigenvalue weighted by atomic mass is 16.2. The number of hydrogen-bond donors (Lipinski definition) is 0. The Balaban J connectivity index is 2.66. The molecular formula is C18H29N3O2. The van der Waals surface area contributed by atoms with Crippen molar-refractivity contribution >= 4 is 17.5 Å². The van der Waals surface area contributed by atoms with E-state index in [1.165, 1.54) is 0 Å². The highest BCUT2D eigenvalue weighted by Crippen LogP contribution is 2.16. The lowest BCUT2D eigenvalue weighted by Gasteiger charge is -2.25. The van der Waals surface area contributed by atoms with E-state index in [1.54, 1.807) is 16.7 Å². The summed E-state index contributed by atoms with van der Waals surface area (Å²) in [7, 11) is 3.94. The minimum Gasteiger partial charge on any atom is -0.341 e. The van der Waals surface area contributed by atoms with Gasteiger partial charge in [0.2, 0.25) is 11.8 Å². The molecule has 5 nitrogen and oxygen atoms in total. The normalized spacial score (nSPS) is 10.7. The van der Waals surface area contributed by atoms with Gasteiger partial charge in [-0.15, -0.1) is 0 Å². The van der Waals surface area contributed by atoms with Crippen LogP contribution in [0.3, 0.4) is 0 Å². The first-order chi connectivity index (χ1) is 10.8. The predicted molar refractivity (Wildman–Crippen MR) is 94.6 cm³/mol. The van der Waals surface area contributed by atoms with Crippen molar-refractivity contribution in [1.29, 1.82) is 0 Å². The Kier molecular flexibility index (Phi) is 7.75. The molecular weight excluding hydrogens is 290 g/mol. The number of benzene rings is 1. The molecule has 1 aromatic carbocycles. The fourth-order valence-corrected chi connectivity index (χ4v) is 2.41. The number of amides is 2. The first kappa shape index (κ1) is 19.2. The van der Waals surface area contributed by atoms with Crippen LogP contribution in [-0.4, -0.2) is 61.9 Å². The minimum atomic E-state index is 0.0123. The van der Waals surface area contributed by atoms with Crippen LogP contribution >= 0.6 is 0 Å². The zero-order valence-corrected chi connectivity index (χ0v) is 15.0. The maximum absolute atomic E-state index is 12.5. The van der Waals surface area contributed by atoms with Crippen molar-refractivity contribution in [1.82, 2.24) is 9.80 Å². The second-order valence-electron chi connectivity index (χ2n) is 6.04. The molecule has 0 heterocycles. The molecule has 0 aliphatic rings. The Hall–Kier alpha value is -1.88. The zero-order valence-electron chi connectivity index (χ0n) is 15.0. The van der Waals surface area contributed by atoms with Crippen molar-refractivity contribution < 1.29 is 9.59 Å². The Morgan fingerprint density at radius 3 is 2.30 bits per heavy atom. The fourth-order valence-electron chi connectivity index (χ4n) is 2.41. The van der Waals surface area contributed by atoms with E-state index < -0.39 is 0 Å². The summed E-state index contributed by atoms with van der Waals surface area (Å²) in [6, 6.07) is 7.93. The van der Waals surface area contributed by atoms with Gasteiger partial charge in [-0.3, -0.25) is 9.59 Å². The van der Waals surface area contributed by atoms with Gasteiger partial charge in [-0.25, -0.2) is 0 Å². The van der Waals surface area contributed by atoms with Crippen LogP contribution < -0.4 is 4.90 Å². The van der Waals surface area contributed by atoms with E-state index in [0.29, 0.717) is 26.1 Å². The number of hydrogen-bond acceptors (Lipinski definition) is 3. The van der Waals surface area contributed by atoms with Gasteiger partial charge >= 0.3 is 0 Å². The van der Waals surface area contributed by atoms with Gasteiger partial charge in [-0.2, -0.15) is 0 Å². The van der Waals surface area contributed by atoms with Crippen LogP contribution in [0.1, 0.15) is 25.8 Å². The third-order valence-electron chi connectivity index (χ3n) is 3.79. The number of rotatable bonds is 8. The summed E-state index contributed by atoms with van der Waals surface area (Å²) in [6.07, 6.45) is 0.342. The van der Waals surface area contributed by atoms with Crippen molar-refractivity contribution in [3.05, 3.63) is 29.8 Å². The molecule has 5 heteroatoms. The fraction of sp³-hybridized carbons (Fsp3) is 0.556. The van der Waals surface area contributed by atoms with E-state index in [1.807, 2.05) is 57.1 Å². The number of carbonyl (C=O) groups excluding carboxylic acids is 2. The molecule has 2 amide bonds. The topological polar surface area (TPSA) is 43.9 Å². The quantitative estimate of drug-likeness (QED) is 0.737. The molecule has 0 aromatic heterocycles. The standard InChI is InChI=1S/C18H29N3O2/c1-6-21(17-9-7-8-15(2)14-17)18(23)10-11-20(16(3)22)13-12-19(4)5/h7-9,14H,6,10-13H2,1-5H3. The van der Waals surface area contributed by atoms with E-state index in [2.05, 4.69) is 0 Å². The molecule has 0 saturated heterocycles. The lowest BCUT2D eigenvalue weighted by molar-refractivity contribution is -0.129. The van der Waals surface area contributed by atoms with Gasteiger partial charge in [0.15, 0.2) is 0 Å². The number of aryl methyl sites for hydroxylation is 1. The molecule has 23 heavy (non-hydrogen) atoms. The highest BCUT2D eigenvalue weighted by Gasteiger charge is 2.17. The van der Waals surface area contributed by atoms with Crippen molar-refractivity contribution in [2.24, 2.45) is 0 Å². The van der Waals surface area contributed by atoms with Gasteiger partial charge in [0.05, 0.1) is 0 Å². The van der Waals surface area contributed by atoms with Crippen LogP contribution in [0.4, 0.5) is 5.69 Å². The van der Waals surface area contributed by atoms with Crippen LogP contribution in [0.15, 0.2) is 24.3 Å². The molecule has 0 unspecified atom stereocenters. The summed E-state index contributed by atoms with van der Waals surface area (Å²) in [5, 5.41) is 0. The molecule has 1 rings (SSSR count). The van der Waals surface area contributed by atoms with Crippen molar-refractivity contribution in [3.63, 3.8) is 0 Å². The summed E-state index contributed by atoms with van der Waals surface area (Å²) in [4.78, 5) is 29.8. The third kappa shape index (κ3) is 6.40. The van der Waals surface area contributed by atoms with Gasteiger partial charge in [-0.1, -0.05) is 12.1 Å². The molecule has 128 valence electrons. The minimum absolute atomic E-state index is 0.0123. The molecule has 0 spiro atoms. The average Bonchev–Trinajstić information content (AvgIpc) is 2.47. The number of nitrogens with zero attached hydrogens (tertiary/aromatic N) is 3. The number of likely N-dealkylation sites (N-methyl/N-ethyl adjacent to an activating group) is 1. The molecule has 0 atom stereocenters.